The number of carbonyl (C=O) groups is 1. The van der Waals surface area contributed by atoms with Gasteiger partial charge in [-0.2, -0.15) is 4.98 Å². The lowest BCUT2D eigenvalue weighted by Gasteiger charge is -2.35. The van der Waals surface area contributed by atoms with Crippen LogP contribution in [0.5, 0.6) is 0 Å². The Morgan fingerprint density at radius 3 is 2.41 bits per heavy atom. The van der Waals surface area contributed by atoms with E-state index in [1.165, 1.54) is 12.8 Å². The van der Waals surface area contributed by atoms with Crippen LogP contribution in [0.25, 0.3) is 0 Å². The van der Waals surface area contributed by atoms with Crippen LogP contribution in [0.1, 0.15) is 24.1 Å². The van der Waals surface area contributed by atoms with Crippen molar-refractivity contribution in [3.63, 3.8) is 0 Å². The van der Waals surface area contributed by atoms with Crippen LogP contribution in [-0.2, 0) is 16.1 Å². The molecule has 7 heteroatoms. The number of benzene rings is 1. The highest BCUT2D eigenvalue weighted by atomic mass is 16.5. The summed E-state index contributed by atoms with van der Waals surface area (Å²) in [7, 11) is 0. The van der Waals surface area contributed by atoms with Crippen LogP contribution in [0.15, 0.2) is 36.4 Å². The molecule has 2 saturated heterocycles. The lowest BCUT2D eigenvalue weighted by Crippen LogP contribution is -2.50. The van der Waals surface area contributed by atoms with Gasteiger partial charge in [0.05, 0.1) is 6.61 Å². The number of rotatable bonds is 6. The minimum atomic E-state index is 0.0530. The van der Waals surface area contributed by atoms with Crippen molar-refractivity contribution < 1.29 is 9.53 Å². The van der Waals surface area contributed by atoms with Crippen molar-refractivity contribution in [1.29, 1.82) is 0 Å². The van der Waals surface area contributed by atoms with Gasteiger partial charge in [0.25, 0.3) is 0 Å². The number of anilines is 2. The molecular formula is C22H29N5O2. The largest absolute Gasteiger partial charge is 0.367 e. The number of aryl methyl sites for hydroxylation is 1. The fourth-order valence-electron chi connectivity index (χ4n) is 3.86. The molecule has 2 fully saturated rings. The molecule has 3 heterocycles. The average Bonchev–Trinajstić information content (AvgIpc) is 3.29. The normalized spacial score (nSPS) is 17.1. The SMILES string of the molecule is Cc1cc(N2CCN(C(=O)COCc3ccccc3)CC2)nc(N2CCCC2)n1. The monoisotopic (exact) mass is 395 g/mol. The molecule has 1 aromatic heterocycles. The van der Waals surface area contributed by atoms with E-state index in [0.29, 0.717) is 19.7 Å². The topological polar surface area (TPSA) is 61.8 Å². The Morgan fingerprint density at radius 1 is 0.966 bits per heavy atom. The first-order valence-electron chi connectivity index (χ1n) is 10.4. The number of piperazine rings is 1. The van der Waals surface area contributed by atoms with Crippen molar-refractivity contribution in [2.75, 3.05) is 55.7 Å². The molecular weight excluding hydrogens is 366 g/mol. The van der Waals surface area contributed by atoms with Crippen LogP contribution < -0.4 is 9.80 Å². The molecule has 0 atom stereocenters. The molecule has 2 aliphatic rings. The van der Waals surface area contributed by atoms with Gasteiger partial charge in [0, 0.05) is 51.0 Å². The van der Waals surface area contributed by atoms with E-state index in [1.54, 1.807) is 0 Å². The first kappa shape index (κ1) is 19.6. The molecule has 0 spiro atoms. The van der Waals surface area contributed by atoms with Crippen molar-refractivity contribution in [2.45, 2.75) is 26.4 Å². The lowest BCUT2D eigenvalue weighted by atomic mass is 10.2. The van der Waals surface area contributed by atoms with E-state index in [9.17, 15) is 4.79 Å². The minimum absolute atomic E-state index is 0.0530. The molecule has 0 saturated carbocycles. The zero-order chi connectivity index (χ0) is 20.1. The van der Waals surface area contributed by atoms with Gasteiger partial charge in [-0.3, -0.25) is 4.79 Å². The molecule has 4 rings (SSSR count). The predicted molar refractivity (Wildman–Crippen MR) is 113 cm³/mol. The Balaban J connectivity index is 1.28. The van der Waals surface area contributed by atoms with E-state index in [1.807, 2.05) is 48.2 Å². The van der Waals surface area contributed by atoms with Gasteiger partial charge in [-0.25, -0.2) is 4.98 Å². The smallest absolute Gasteiger partial charge is 0.248 e. The molecule has 0 bridgehead atoms. The van der Waals surface area contributed by atoms with E-state index in [4.69, 9.17) is 9.72 Å². The fraction of sp³-hybridized carbons (Fsp3) is 0.500. The van der Waals surface area contributed by atoms with Crippen molar-refractivity contribution in [3.05, 3.63) is 47.7 Å². The molecule has 7 nitrogen and oxygen atoms in total. The summed E-state index contributed by atoms with van der Waals surface area (Å²) in [6.07, 6.45) is 2.42. The molecule has 2 aliphatic heterocycles. The second-order valence-corrected chi connectivity index (χ2v) is 7.71. The Labute approximate surface area is 172 Å². The van der Waals surface area contributed by atoms with Gasteiger partial charge in [-0.15, -0.1) is 0 Å². The summed E-state index contributed by atoms with van der Waals surface area (Å²) in [6, 6.07) is 12.0. The molecule has 154 valence electrons. The van der Waals surface area contributed by atoms with Crippen LogP contribution in [0.2, 0.25) is 0 Å². The Morgan fingerprint density at radius 2 is 1.69 bits per heavy atom. The van der Waals surface area contributed by atoms with Crippen molar-refractivity contribution in [2.24, 2.45) is 0 Å². The zero-order valence-corrected chi connectivity index (χ0v) is 17.1. The molecule has 0 aliphatic carbocycles. The standard InChI is InChI=1S/C22H29N5O2/c1-18-15-20(24-22(23-18)27-9-5-6-10-27)25-11-13-26(14-12-25)21(28)17-29-16-19-7-3-2-4-8-19/h2-4,7-8,15H,5-6,9-14,16-17H2,1H3. The van der Waals surface area contributed by atoms with Crippen LogP contribution in [0.3, 0.4) is 0 Å². The van der Waals surface area contributed by atoms with E-state index in [2.05, 4.69) is 14.8 Å². The molecule has 0 N–H and O–H groups in total. The van der Waals surface area contributed by atoms with Crippen molar-refractivity contribution in [1.82, 2.24) is 14.9 Å². The van der Waals surface area contributed by atoms with Crippen LogP contribution in [-0.4, -0.2) is 66.7 Å². The number of aromatic nitrogens is 2. The summed E-state index contributed by atoms with van der Waals surface area (Å²) in [5, 5.41) is 0. The van der Waals surface area contributed by atoms with Crippen LogP contribution in [0.4, 0.5) is 11.8 Å². The van der Waals surface area contributed by atoms with Gasteiger partial charge in [0.15, 0.2) is 0 Å². The van der Waals surface area contributed by atoms with E-state index >= 15 is 0 Å². The van der Waals surface area contributed by atoms with Crippen LogP contribution >= 0.6 is 0 Å². The molecule has 1 amide bonds. The molecule has 29 heavy (non-hydrogen) atoms. The summed E-state index contributed by atoms with van der Waals surface area (Å²) < 4.78 is 5.60. The quantitative estimate of drug-likeness (QED) is 0.748. The highest BCUT2D eigenvalue weighted by Gasteiger charge is 2.23. The Hall–Kier alpha value is -2.67. The maximum absolute atomic E-state index is 12.5. The third-order valence-electron chi connectivity index (χ3n) is 5.51. The first-order chi connectivity index (χ1) is 14.2. The number of hydrogen-bond acceptors (Lipinski definition) is 6. The maximum atomic E-state index is 12.5. The molecule has 0 unspecified atom stereocenters. The Bertz CT molecular complexity index is 815. The van der Waals surface area contributed by atoms with E-state index in [-0.39, 0.29) is 12.5 Å². The summed E-state index contributed by atoms with van der Waals surface area (Å²) in [4.78, 5) is 28.3. The van der Waals surface area contributed by atoms with Crippen LogP contribution in [0, 0.1) is 6.92 Å². The van der Waals surface area contributed by atoms with Gasteiger partial charge >= 0.3 is 0 Å². The van der Waals surface area contributed by atoms with Gasteiger partial charge in [-0.1, -0.05) is 30.3 Å². The highest BCUT2D eigenvalue weighted by molar-refractivity contribution is 5.77. The van der Waals surface area contributed by atoms with Gasteiger partial charge in [0.1, 0.15) is 12.4 Å². The van der Waals surface area contributed by atoms with Gasteiger partial charge in [-0.05, 0) is 25.3 Å². The van der Waals surface area contributed by atoms with E-state index < -0.39 is 0 Å². The predicted octanol–water partition coefficient (Wildman–Crippen LogP) is 2.25. The fourth-order valence-corrected chi connectivity index (χ4v) is 3.86. The van der Waals surface area contributed by atoms with Crippen molar-refractivity contribution in [3.8, 4) is 0 Å². The third kappa shape index (κ3) is 5.03. The van der Waals surface area contributed by atoms with Crippen molar-refractivity contribution >= 4 is 17.7 Å². The second kappa shape index (κ2) is 9.22. The summed E-state index contributed by atoms with van der Waals surface area (Å²) in [6.45, 7) is 7.62. The summed E-state index contributed by atoms with van der Waals surface area (Å²) in [5.41, 5.74) is 2.07. The molecule has 1 aromatic carbocycles. The van der Waals surface area contributed by atoms with Gasteiger partial charge < -0.3 is 19.4 Å². The number of carbonyl (C=O) groups excluding carboxylic acids is 1. The summed E-state index contributed by atoms with van der Waals surface area (Å²) in [5.74, 6) is 1.86. The lowest BCUT2D eigenvalue weighted by molar-refractivity contribution is -0.136. The Kier molecular flexibility index (Phi) is 6.24. The van der Waals surface area contributed by atoms with E-state index in [0.717, 1.165) is 49.2 Å². The molecule has 0 radical (unpaired) electrons. The average molecular weight is 396 g/mol. The number of nitrogens with zero attached hydrogens (tertiary/aromatic N) is 5. The zero-order valence-electron chi connectivity index (χ0n) is 17.1. The number of amides is 1. The highest BCUT2D eigenvalue weighted by Crippen LogP contribution is 2.21. The second-order valence-electron chi connectivity index (χ2n) is 7.71. The maximum Gasteiger partial charge on any atom is 0.248 e. The number of ether oxygens (including phenoxy) is 1. The first-order valence-corrected chi connectivity index (χ1v) is 10.4. The summed E-state index contributed by atoms with van der Waals surface area (Å²) >= 11 is 0. The number of hydrogen-bond donors (Lipinski definition) is 0. The molecule has 2 aromatic rings. The minimum Gasteiger partial charge on any atom is -0.367 e. The third-order valence-corrected chi connectivity index (χ3v) is 5.51. The van der Waals surface area contributed by atoms with Gasteiger partial charge in [0.2, 0.25) is 11.9 Å².